The molecule has 1 atom stereocenters. The van der Waals surface area contributed by atoms with Crippen molar-refractivity contribution in [1.82, 2.24) is 19.6 Å². The number of piperazine rings is 1. The van der Waals surface area contributed by atoms with E-state index in [4.69, 9.17) is 13.9 Å². The minimum Gasteiger partial charge on any atom is -0.486 e. The highest BCUT2D eigenvalue weighted by Gasteiger charge is 2.29. The van der Waals surface area contributed by atoms with Crippen molar-refractivity contribution in [2.45, 2.75) is 47.3 Å². The molecular weight excluding hydrogens is 502 g/mol. The number of benzene rings is 1. The number of aromatic nitrogens is 2. The van der Waals surface area contributed by atoms with Crippen LogP contribution in [0.5, 0.6) is 5.75 Å². The monoisotopic (exact) mass is 537 g/mol. The molecule has 0 bridgehead atoms. The average molecular weight is 538 g/mol. The van der Waals surface area contributed by atoms with Gasteiger partial charge in [0, 0.05) is 32.4 Å². The first-order chi connectivity index (χ1) is 18.6. The van der Waals surface area contributed by atoms with Crippen LogP contribution in [0.1, 0.15) is 53.0 Å². The zero-order valence-corrected chi connectivity index (χ0v) is 23.0. The van der Waals surface area contributed by atoms with Crippen molar-refractivity contribution >= 4 is 23.6 Å². The van der Waals surface area contributed by atoms with Crippen LogP contribution < -0.4 is 10.1 Å². The van der Waals surface area contributed by atoms with Gasteiger partial charge < -0.3 is 29.0 Å². The second-order valence-electron chi connectivity index (χ2n) is 9.63. The lowest BCUT2D eigenvalue weighted by atomic mass is 10.1. The van der Waals surface area contributed by atoms with Crippen LogP contribution in [-0.2, 0) is 16.1 Å². The number of hydrogen-bond donors (Lipinski definition) is 1. The fourth-order valence-corrected chi connectivity index (χ4v) is 4.44. The number of nitrogens with one attached hydrogen (secondary N) is 1. The second-order valence-corrected chi connectivity index (χ2v) is 9.63. The molecule has 1 aromatic carbocycles. The van der Waals surface area contributed by atoms with E-state index in [1.807, 2.05) is 26.0 Å². The van der Waals surface area contributed by atoms with Gasteiger partial charge in [-0.1, -0.05) is 6.07 Å². The summed E-state index contributed by atoms with van der Waals surface area (Å²) in [7, 11) is 0. The highest BCUT2D eigenvalue weighted by atomic mass is 16.6. The normalized spacial score (nSPS) is 14.2. The topological polar surface area (TPSA) is 119 Å². The maximum Gasteiger partial charge on any atom is 0.409 e. The van der Waals surface area contributed by atoms with E-state index in [1.165, 1.54) is 4.68 Å². The maximum atomic E-state index is 13.1. The summed E-state index contributed by atoms with van der Waals surface area (Å²) in [6.45, 7) is 11.5. The van der Waals surface area contributed by atoms with E-state index in [-0.39, 0.29) is 24.4 Å². The summed E-state index contributed by atoms with van der Waals surface area (Å²) in [5.74, 6) is 0.865. The molecule has 1 N–H and O–H groups in total. The van der Waals surface area contributed by atoms with Crippen molar-refractivity contribution in [3.8, 4) is 5.75 Å². The number of amides is 3. The Hall–Kier alpha value is -4.28. The Kier molecular flexibility index (Phi) is 8.58. The summed E-state index contributed by atoms with van der Waals surface area (Å²) >= 11 is 0. The number of hydrogen-bond acceptors (Lipinski definition) is 7. The van der Waals surface area contributed by atoms with Crippen LogP contribution in [-0.4, -0.2) is 70.3 Å². The molecular formula is C28H35N5O6. The number of nitrogens with zero attached hydrogens (tertiary/aromatic N) is 4. The number of furan rings is 1. The molecule has 0 spiro atoms. The summed E-state index contributed by atoms with van der Waals surface area (Å²) in [5, 5.41) is 7.26. The number of rotatable bonds is 8. The van der Waals surface area contributed by atoms with Gasteiger partial charge in [-0.05, 0) is 70.0 Å². The fraction of sp³-hybridized carbons (Fsp3) is 0.429. The molecule has 0 aliphatic carbocycles. The maximum absolute atomic E-state index is 13.1. The number of ether oxygens (including phenoxy) is 2. The van der Waals surface area contributed by atoms with Gasteiger partial charge in [-0.25, -0.2) is 4.79 Å². The van der Waals surface area contributed by atoms with Crippen molar-refractivity contribution in [3.05, 3.63) is 64.9 Å². The smallest absolute Gasteiger partial charge is 0.409 e. The van der Waals surface area contributed by atoms with Crippen LogP contribution in [0, 0.1) is 20.8 Å². The fourth-order valence-electron chi connectivity index (χ4n) is 4.44. The van der Waals surface area contributed by atoms with Gasteiger partial charge in [0.05, 0.1) is 18.0 Å². The largest absolute Gasteiger partial charge is 0.486 e. The van der Waals surface area contributed by atoms with Crippen LogP contribution in [0.15, 0.2) is 40.9 Å². The van der Waals surface area contributed by atoms with Crippen molar-refractivity contribution < 1.29 is 28.3 Å². The van der Waals surface area contributed by atoms with Crippen molar-refractivity contribution in [2.24, 2.45) is 0 Å². The molecule has 11 nitrogen and oxygen atoms in total. The molecule has 0 radical (unpaired) electrons. The summed E-state index contributed by atoms with van der Waals surface area (Å²) in [5.41, 5.74) is 3.26. The molecule has 208 valence electrons. The van der Waals surface area contributed by atoms with Crippen LogP contribution in [0.25, 0.3) is 0 Å². The molecule has 4 rings (SSSR count). The number of carbonyl (C=O) groups excluding carboxylic acids is 3. The van der Waals surface area contributed by atoms with Gasteiger partial charge in [-0.3, -0.25) is 14.3 Å². The lowest BCUT2D eigenvalue weighted by Crippen LogP contribution is -2.52. The van der Waals surface area contributed by atoms with E-state index in [0.717, 1.165) is 16.9 Å². The Morgan fingerprint density at radius 1 is 1.03 bits per heavy atom. The second kappa shape index (κ2) is 12.1. The molecule has 0 saturated carbocycles. The zero-order chi connectivity index (χ0) is 28.1. The van der Waals surface area contributed by atoms with E-state index >= 15 is 0 Å². The third-order valence-electron chi connectivity index (χ3n) is 6.50. The highest BCUT2D eigenvalue weighted by Crippen LogP contribution is 2.21. The van der Waals surface area contributed by atoms with E-state index in [2.05, 4.69) is 16.5 Å². The molecule has 1 aliphatic heterocycles. The van der Waals surface area contributed by atoms with Crippen LogP contribution >= 0.6 is 0 Å². The molecule has 3 aromatic rings. The zero-order valence-electron chi connectivity index (χ0n) is 23.0. The predicted molar refractivity (Wildman–Crippen MR) is 144 cm³/mol. The van der Waals surface area contributed by atoms with Gasteiger partial charge in [-0.2, -0.15) is 5.10 Å². The molecule has 1 unspecified atom stereocenters. The van der Waals surface area contributed by atoms with Crippen LogP contribution in [0.2, 0.25) is 0 Å². The summed E-state index contributed by atoms with van der Waals surface area (Å²) in [6.07, 6.45) is 1.27. The molecule has 1 fully saturated rings. The minimum absolute atomic E-state index is 0.113. The van der Waals surface area contributed by atoms with Gasteiger partial charge in [0.2, 0.25) is 5.91 Å². The van der Waals surface area contributed by atoms with E-state index in [0.29, 0.717) is 49.9 Å². The highest BCUT2D eigenvalue weighted by molar-refractivity contribution is 6.02. The Bertz CT molecular complexity index is 1320. The lowest BCUT2D eigenvalue weighted by Gasteiger charge is -2.35. The van der Waals surface area contributed by atoms with Gasteiger partial charge >= 0.3 is 6.09 Å². The SMILES string of the molecule is CCOC(=O)N1CCN(C(=O)C(C)n2cc(NC(=O)c3ccc(COc4cc(C)cc(C)c4)o3)c(C)n2)CC1. The van der Waals surface area contributed by atoms with Gasteiger partial charge in [0.15, 0.2) is 5.76 Å². The quantitative estimate of drug-likeness (QED) is 0.460. The first-order valence-electron chi connectivity index (χ1n) is 13.0. The molecule has 11 heteroatoms. The summed E-state index contributed by atoms with van der Waals surface area (Å²) in [6, 6.07) is 8.67. The van der Waals surface area contributed by atoms with Gasteiger partial charge in [0.1, 0.15) is 24.2 Å². The van der Waals surface area contributed by atoms with Crippen molar-refractivity contribution in [1.29, 1.82) is 0 Å². The van der Waals surface area contributed by atoms with Gasteiger partial charge in [-0.15, -0.1) is 0 Å². The number of aryl methyl sites for hydroxylation is 3. The first kappa shape index (κ1) is 27.7. The first-order valence-corrected chi connectivity index (χ1v) is 13.0. The van der Waals surface area contributed by atoms with Crippen molar-refractivity contribution in [3.63, 3.8) is 0 Å². The molecule has 39 heavy (non-hydrogen) atoms. The summed E-state index contributed by atoms with van der Waals surface area (Å²) in [4.78, 5) is 41.1. The van der Waals surface area contributed by atoms with Crippen molar-refractivity contribution in [2.75, 3.05) is 38.1 Å². The number of carbonyl (C=O) groups is 3. The minimum atomic E-state index is -0.582. The third kappa shape index (κ3) is 6.78. The average Bonchev–Trinajstić information content (AvgIpc) is 3.53. The van der Waals surface area contributed by atoms with Crippen LogP contribution in [0.4, 0.5) is 10.5 Å². The third-order valence-corrected chi connectivity index (χ3v) is 6.50. The predicted octanol–water partition coefficient (Wildman–Crippen LogP) is 4.09. The summed E-state index contributed by atoms with van der Waals surface area (Å²) < 4.78 is 18.1. The standard InChI is InChI=1S/C28H35N5O6/c1-6-37-28(36)32-11-9-31(10-12-32)27(35)21(5)33-16-24(20(4)30-33)29-26(34)25-8-7-22(39-25)17-38-23-14-18(2)13-19(3)15-23/h7-8,13-16,21H,6,9-12,17H2,1-5H3,(H,29,34). The molecule has 1 aliphatic rings. The van der Waals surface area contributed by atoms with E-state index < -0.39 is 11.9 Å². The van der Waals surface area contributed by atoms with Gasteiger partial charge in [0.25, 0.3) is 5.91 Å². The van der Waals surface area contributed by atoms with E-state index in [9.17, 15) is 14.4 Å². The number of anilines is 1. The van der Waals surface area contributed by atoms with E-state index in [1.54, 1.807) is 48.9 Å². The lowest BCUT2D eigenvalue weighted by molar-refractivity contribution is -0.136. The van der Waals surface area contributed by atoms with Crippen LogP contribution in [0.3, 0.4) is 0 Å². The molecule has 3 amide bonds. The molecule has 3 heterocycles. The Morgan fingerprint density at radius 3 is 2.36 bits per heavy atom. The molecule has 2 aromatic heterocycles. The Morgan fingerprint density at radius 2 is 1.69 bits per heavy atom. The molecule has 1 saturated heterocycles. The Labute approximate surface area is 227 Å². The Balaban J connectivity index is 1.32.